The summed E-state index contributed by atoms with van der Waals surface area (Å²) >= 11 is 0. The number of benzene rings is 2. The monoisotopic (exact) mass is 306 g/mol. The zero-order valence-corrected chi connectivity index (χ0v) is 12.6. The highest BCUT2D eigenvalue weighted by atomic mass is 16.1. The van der Waals surface area contributed by atoms with E-state index in [-0.39, 0.29) is 0 Å². The van der Waals surface area contributed by atoms with Gasteiger partial charge in [-0.1, -0.05) is 48.5 Å². The summed E-state index contributed by atoms with van der Waals surface area (Å²) in [7, 11) is 0. The largest absolute Gasteiger partial charge is 0.368 e. The first-order chi connectivity index (χ1) is 11.3. The molecule has 0 saturated heterocycles. The number of aromatic nitrogens is 2. The van der Waals surface area contributed by atoms with Crippen LogP contribution in [0.25, 0.3) is 5.69 Å². The Bertz CT molecular complexity index is 769. The fourth-order valence-corrected chi connectivity index (χ4v) is 2.54. The Morgan fingerprint density at radius 2 is 1.83 bits per heavy atom. The Kier molecular flexibility index (Phi) is 4.49. The number of hydrogen-bond donors (Lipinski definition) is 2. The first-order valence-corrected chi connectivity index (χ1v) is 7.41. The number of primary amides is 1. The first kappa shape index (κ1) is 15.0. The van der Waals surface area contributed by atoms with E-state index < -0.39 is 11.9 Å². The van der Waals surface area contributed by atoms with E-state index >= 15 is 0 Å². The fraction of sp³-hybridized carbons (Fsp3) is 0.111. The van der Waals surface area contributed by atoms with Gasteiger partial charge in [0.25, 0.3) is 0 Å². The molecule has 5 nitrogen and oxygen atoms in total. The molecule has 5 heteroatoms. The predicted octanol–water partition coefficient (Wildman–Crippen LogP) is 2.19. The number of nitrogens with one attached hydrogen (secondary N) is 1. The van der Waals surface area contributed by atoms with Gasteiger partial charge in [0, 0.05) is 18.9 Å². The second kappa shape index (κ2) is 6.89. The maximum Gasteiger partial charge on any atom is 0.239 e. The zero-order chi connectivity index (χ0) is 16.1. The summed E-state index contributed by atoms with van der Waals surface area (Å²) < 4.78 is 1.80. The molecule has 0 fully saturated rings. The van der Waals surface area contributed by atoms with Crippen LogP contribution in [-0.4, -0.2) is 15.7 Å². The minimum atomic E-state index is -0.526. The molecule has 1 atom stereocenters. The second-order valence-electron chi connectivity index (χ2n) is 5.21. The molecule has 1 heterocycles. The molecular formula is C18H18N4O. The number of carbonyl (C=O) groups is 1. The van der Waals surface area contributed by atoms with E-state index in [9.17, 15) is 4.79 Å². The summed E-state index contributed by atoms with van der Waals surface area (Å²) in [5.74, 6) is -0.396. The SMILES string of the molecule is NC(=O)C(NCc1ccccc1-n1cccn1)c1ccccc1. The van der Waals surface area contributed by atoms with Gasteiger partial charge in [-0.15, -0.1) is 0 Å². The smallest absolute Gasteiger partial charge is 0.239 e. The van der Waals surface area contributed by atoms with E-state index in [1.54, 1.807) is 10.9 Å². The molecule has 2 aromatic carbocycles. The highest BCUT2D eigenvalue weighted by molar-refractivity contribution is 5.81. The first-order valence-electron chi connectivity index (χ1n) is 7.41. The molecule has 1 aromatic heterocycles. The molecule has 1 unspecified atom stereocenters. The second-order valence-corrected chi connectivity index (χ2v) is 5.21. The third-order valence-electron chi connectivity index (χ3n) is 3.66. The maximum atomic E-state index is 11.8. The molecular weight excluding hydrogens is 288 g/mol. The van der Waals surface area contributed by atoms with Crippen LogP contribution in [0.5, 0.6) is 0 Å². The molecule has 0 aliphatic carbocycles. The molecule has 0 aliphatic rings. The van der Waals surface area contributed by atoms with Gasteiger partial charge < -0.3 is 5.73 Å². The van der Waals surface area contributed by atoms with Gasteiger partial charge in [-0.3, -0.25) is 10.1 Å². The molecule has 0 aliphatic heterocycles. The van der Waals surface area contributed by atoms with E-state index in [2.05, 4.69) is 10.4 Å². The van der Waals surface area contributed by atoms with Crippen LogP contribution in [0.1, 0.15) is 17.2 Å². The Morgan fingerprint density at radius 1 is 1.09 bits per heavy atom. The zero-order valence-electron chi connectivity index (χ0n) is 12.6. The summed E-state index contributed by atoms with van der Waals surface area (Å²) in [5, 5.41) is 7.50. The summed E-state index contributed by atoms with van der Waals surface area (Å²) in [5.41, 5.74) is 8.42. The van der Waals surface area contributed by atoms with Crippen LogP contribution in [0.2, 0.25) is 0 Å². The van der Waals surface area contributed by atoms with Crippen LogP contribution in [0.4, 0.5) is 0 Å². The van der Waals surface area contributed by atoms with Gasteiger partial charge in [0.2, 0.25) is 5.91 Å². The van der Waals surface area contributed by atoms with Crippen LogP contribution >= 0.6 is 0 Å². The number of para-hydroxylation sites is 1. The summed E-state index contributed by atoms with van der Waals surface area (Å²) in [6.07, 6.45) is 3.63. The number of amides is 1. The van der Waals surface area contributed by atoms with Crippen molar-refractivity contribution in [3.63, 3.8) is 0 Å². The lowest BCUT2D eigenvalue weighted by atomic mass is 10.1. The van der Waals surface area contributed by atoms with Crippen molar-refractivity contribution in [2.75, 3.05) is 0 Å². The van der Waals surface area contributed by atoms with E-state index in [1.807, 2.05) is 66.9 Å². The third-order valence-corrected chi connectivity index (χ3v) is 3.66. The topological polar surface area (TPSA) is 72.9 Å². The van der Waals surface area contributed by atoms with Gasteiger partial charge in [0.15, 0.2) is 0 Å². The van der Waals surface area contributed by atoms with E-state index in [1.165, 1.54) is 0 Å². The van der Waals surface area contributed by atoms with Crippen molar-refractivity contribution in [2.45, 2.75) is 12.6 Å². The van der Waals surface area contributed by atoms with Crippen molar-refractivity contribution in [1.82, 2.24) is 15.1 Å². The fourth-order valence-electron chi connectivity index (χ4n) is 2.54. The summed E-state index contributed by atoms with van der Waals surface area (Å²) in [4.78, 5) is 11.8. The molecule has 23 heavy (non-hydrogen) atoms. The Balaban J connectivity index is 1.81. The van der Waals surface area contributed by atoms with Gasteiger partial charge >= 0.3 is 0 Å². The van der Waals surface area contributed by atoms with Crippen LogP contribution in [-0.2, 0) is 11.3 Å². The highest BCUT2D eigenvalue weighted by Gasteiger charge is 2.17. The molecule has 3 aromatic rings. The minimum Gasteiger partial charge on any atom is -0.368 e. The highest BCUT2D eigenvalue weighted by Crippen LogP contribution is 2.17. The summed E-state index contributed by atoms with van der Waals surface area (Å²) in [6.45, 7) is 0.512. The van der Waals surface area contributed by atoms with Crippen LogP contribution in [0, 0.1) is 0 Å². The third kappa shape index (κ3) is 3.46. The van der Waals surface area contributed by atoms with Crippen molar-refractivity contribution < 1.29 is 4.79 Å². The average molecular weight is 306 g/mol. The lowest BCUT2D eigenvalue weighted by molar-refractivity contribution is -0.120. The van der Waals surface area contributed by atoms with Gasteiger partial charge in [0.1, 0.15) is 6.04 Å². The van der Waals surface area contributed by atoms with Gasteiger partial charge in [-0.05, 0) is 23.3 Å². The molecule has 1 amide bonds. The molecule has 0 radical (unpaired) electrons. The maximum absolute atomic E-state index is 11.8. The van der Waals surface area contributed by atoms with E-state index in [4.69, 9.17) is 5.73 Å². The van der Waals surface area contributed by atoms with Crippen LogP contribution in [0.3, 0.4) is 0 Å². The minimum absolute atomic E-state index is 0.396. The van der Waals surface area contributed by atoms with Crippen LogP contribution in [0.15, 0.2) is 73.1 Å². The van der Waals surface area contributed by atoms with Crippen LogP contribution < -0.4 is 11.1 Å². The molecule has 3 N–H and O–H groups in total. The van der Waals surface area contributed by atoms with Crippen molar-refractivity contribution in [2.24, 2.45) is 5.73 Å². The molecule has 0 saturated carbocycles. The molecule has 3 rings (SSSR count). The lowest BCUT2D eigenvalue weighted by Gasteiger charge is -2.17. The lowest BCUT2D eigenvalue weighted by Crippen LogP contribution is -2.33. The quantitative estimate of drug-likeness (QED) is 0.733. The molecule has 116 valence electrons. The van der Waals surface area contributed by atoms with Crippen molar-refractivity contribution in [1.29, 1.82) is 0 Å². The number of carbonyl (C=O) groups excluding carboxylic acids is 1. The van der Waals surface area contributed by atoms with Gasteiger partial charge in [-0.2, -0.15) is 5.10 Å². The normalized spacial score (nSPS) is 12.0. The van der Waals surface area contributed by atoms with E-state index in [0.29, 0.717) is 6.54 Å². The van der Waals surface area contributed by atoms with Crippen molar-refractivity contribution in [3.8, 4) is 5.69 Å². The number of hydrogen-bond acceptors (Lipinski definition) is 3. The summed E-state index contributed by atoms with van der Waals surface area (Å²) in [6, 6.07) is 18.8. The van der Waals surface area contributed by atoms with Gasteiger partial charge in [0.05, 0.1) is 5.69 Å². The van der Waals surface area contributed by atoms with Gasteiger partial charge in [-0.25, -0.2) is 4.68 Å². The number of rotatable bonds is 6. The van der Waals surface area contributed by atoms with E-state index in [0.717, 1.165) is 16.8 Å². The van der Waals surface area contributed by atoms with Crippen molar-refractivity contribution in [3.05, 3.63) is 84.2 Å². The predicted molar refractivity (Wildman–Crippen MR) is 88.8 cm³/mol. The number of nitrogens with zero attached hydrogens (tertiary/aromatic N) is 2. The number of nitrogens with two attached hydrogens (primary N) is 1. The van der Waals surface area contributed by atoms with Crippen molar-refractivity contribution >= 4 is 5.91 Å². The standard InChI is InChI=1S/C18H18N4O/c19-18(23)17(14-7-2-1-3-8-14)20-13-15-9-4-5-10-16(15)22-12-6-11-21-22/h1-12,17,20H,13H2,(H2,19,23). The Morgan fingerprint density at radius 3 is 2.52 bits per heavy atom. The Hall–Kier alpha value is -2.92. The Labute approximate surface area is 134 Å². The average Bonchev–Trinajstić information content (AvgIpc) is 3.10. The molecule has 0 spiro atoms. The molecule has 0 bridgehead atoms.